The molecular weight excluding hydrogens is 214 g/mol. The van der Waals surface area contributed by atoms with Crippen LogP contribution >= 0.6 is 0 Å². The van der Waals surface area contributed by atoms with Crippen LogP contribution in [0.25, 0.3) is 10.4 Å². The number of carbonyl (C=O) groups excluding carboxylic acids is 2. The van der Waals surface area contributed by atoms with E-state index >= 15 is 0 Å². The molecule has 0 spiro atoms. The number of aliphatic hydroxyl groups excluding tert-OH is 1. The van der Waals surface area contributed by atoms with Crippen molar-refractivity contribution in [2.75, 3.05) is 13.2 Å². The normalized spacial score (nSPS) is 11.4. The minimum Gasteiger partial charge on any atom is -0.466 e. The van der Waals surface area contributed by atoms with Crippen molar-refractivity contribution in [2.45, 2.75) is 32.3 Å². The van der Waals surface area contributed by atoms with Crippen LogP contribution < -0.4 is 0 Å². The summed E-state index contributed by atoms with van der Waals surface area (Å²) < 4.78 is 4.62. The Morgan fingerprint density at radius 1 is 1.50 bits per heavy atom. The summed E-state index contributed by atoms with van der Waals surface area (Å²) in [5.74, 6) is -0.776. The molecule has 0 amide bonds. The zero-order chi connectivity index (χ0) is 12.4. The largest absolute Gasteiger partial charge is 0.466 e. The molecule has 0 bridgehead atoms. The number of nitrogens with zero attached hydrogens (tertiary/aromatic N) is 3. The summed E-state index contributed by atoms with van der Waals surface area (Å²) in [6, 6.07) is 0. The van der Waals surface area contributed by atoms with Crippen molar-refractivity contribution in [2.24, 2.45) is 5.11 Å². The van der Waals surface area contributed by atoms with Gasteiger partial charge in [-0.25, -0.2) is 0 Å². The zero-order valence-electron chi connectivity index (χ0n) is 9.13. The van der Waals surface area contributed by atoms with Gasteiger partial charge in [-0.15, -0.1) is 0 Å². The van der Waals surface area contributed by atoms with E-state index in [1.54, 1.807) is 6.92 Å². The molecule has 16 heavy (non-hydrogen) atoms. The maximum Gasteiger partial charge on any atom is 0.308 e. The van der Waals surface area contributed by atoms with E-state index in [1.807, 2.05) is 0 Å². The molecule has 0 aliphatic rings. The first kappa shape index (κ1) is 14.4. The van der Waals surface area contributed by atoms with E-state index in [0.717, 1.165) is 0 Å². The summed E-state index contributed by atoms with van der Waals surface area (Å²) in [5.41, 5.74) is 7.98. The summed E-state index contributed by atoms with van der Waals surface area (Å²) >= 11 is 0. The quantitative estimate of drug-likeness (QED) is 0.289. The fourth-order valence-electron chi connectivity index (χ4n) is 1.07. The van der Waals surface area contributed by atoms with Crippen molar-refractivity contribution >= 4 is 11.8 Å². The van der Waals surface area contributed by atoms with E-state index in [4.69, 9.17) is 5.53 Å². The van der Waals surface area contributed by atoms with Crippen LogP contribution in [0.3, 0.4) is 0 Å². The SMILES string of the molecule is CCOC(=O)CC(O)CC(=O)CCN=[N+]=[N-]. The molecule has 0 saturated carbocycles. The Morgan fingerprint density at radius 3 is 2.75 bits per heavy atom. The van der Waals surface area contributed by atoms with E-state index in [1.165, 1.54) is 0 Å². The second-order valence-corrected chi connectivity index (χ2v) is 3.11. The lowest BCUT2D eigenvalue weighted by Gasteiger charge is -2.08. The van der Waals surface area contributed by atoms with Crippen LogP contribution in [0.4, 0.5) is 0 Å². The van der Waals surface area contributed by atoms with Crippen LogP contribution in [-0.2, 0) is 14.3 Å². The van der Waals surface area contributed by atoms with E-state index < -0.39 is 12.1 Å². The molecule has 7 heteroatoms. The number of ketones is 1. The van der Waals surface area contributed by atoms with Crippen molar-refractivity contribution in [1.29, 1.82) is 0 Å². The number of ether oxygens (including phenoxy) is 1. The minimum atomic E-state index is -1.03. The topological polar surface area (TPSA) is 112 Å². The predicted octanol–water partition coefficient (Wildman–Crippen LogP) is 0.960. The smallest absolute Gasteiger partial charge is 0.308 e. The Bertz CT molecular complexity index is 286. The molecule has 1 unspecified atom stereocenters. The first-order valence-electron chi connectivity index (χ1n) is 4.96. The molecule has 0 aromatic rings. The second-order valence-electron chi connectivity index (χ2n) is 3.11. The lowest BCUT2D eigenvalue weighted by Crippen LogP contribution is -2.19. The van der Waals surface area contributed by atoms with E-state index in [0.29, 0.717) is 0 Å². The molecule has 1 atom stereocenters. The van der Waals surface area contributed by atoms with Gasteiger partial charge in [-0.3, -0.25) is 9.59 Å². The Morgan fingerprint density at radius 2 is 2.19 bits per heavy atom. The second kappa shape index (κ2) is 8.70. The standard InChI is InChI=1S/C9H15N3O4/c1-2-16-9(15)6-8(14)5-7(13)3-4-11-12-10/h8,14H,2-6H2,1H3. The van der Waals surface area contributed by atoms with Crippen LogP contribution in [0.2, 0.25) is 0 Å². The molecule has 1 N–H and O–H groups in total. The summed E-state index contributed by atoms with van der Waals surface area (Å²) in [5, 5.41) is 12.5. The fraction of sp³-hybridized carbons (Fsp3) is 0.778. The number of Topliss-reactive ketones (excluding diaryl/α,β-unsaturated/α-hetero) is 1. The van der Waals surface area contributed by atoms with Gasteiger partial charge in [0.05, 0.1) is 19.1 Å². The highest BCUT2D eigenvalue weighted by Crippen LogP contribution is 2.03. The minimum absolute atomic E-state index is 0.0709. The molecule has 0 rings (SSSR count). The zero-order valence-corrected chi connectivity index (χ0v) is 9.13. The van der Waals surface area contributed by atoms with Gasteiger partial charge in [0.2, 0.25) is 0 Å². The average Bonchev–Trinajstić information content (AvgIpc) is 2.17. The molecular formula is C9H15N3O4. The number of rotatable bonds is 8. The Kier molecular flexibility index (Phi) is 7.83. The molecule has 0 radical (unpaired) electrons. The van der Waals surface area contributed by atoms with Gasteiger partial charge in [0.25, 0.3) is 0 Å². The number of carbonyl (C=O) groups is 2. The summed E-state index contributed by atoms with van der Waals surface area (Å²) in [6.45, 7) is 1.98. The van der Waals surface area contributed by atoms with E-state index in [-0.39, 0.29) is 38.2 Å². The molecule has 0 aliphatic heterocycles. The van der Waals surface area contributed by atoms with Gasteiger partial charge in [0.1, 0.15) is 5.78 Å². The van der Waals surface area contributed by atoms with Gasteiger partial charge in [-0.1, -0.05) is 5.11 Å². The van der Waals surface area contributed by atoms with Crippen molar-refractivity contribution in [3.05, 3.63) is 10.4 Å². The van der Waals surface area contributed by atoms with Gasteiger partial charge in [-0.05, 0) is 12.5 Å². The third-order valence-corrected chi connectivity index (χ3v) is 1.72. The van der Waals surface area contributed by atoms with Gasteiger partial charge >= 0.3 is 5.97 Å². The summed E-state index contributed by atoms with van der Waals surface area (Å²) in [4.78, 5) is 24.6. The monoisotopic (exact) mass is 229 g/mol. The Balaban J connectivity index is 3.77. The number of aliphatic hydroxyl groups is 1. The van der Waals surface area contributed by atoms with Crippen LogP contribution in [0.5, 0.6) is 0 Å². The van der Waals surface area contributed by atoms with Crippen LogP contribution in [0, 0.1) is 0 Å². The van der Waals surface area contributed by atoms with Gasteiger partial charge in [0, 0.05) is 24.3 Å². The first-order valence-corrected chi connectivity index (χ1v) is 4.96. The Hall–Kier alpha value is -1.59. The molecule has 0 saturated heterocycles. The lowest BCUT2D eigenvalue weighted by atomic mass is 10.1. The third-order valence-electron chi connectivity index (χ3n) is 1.72. The predicted molar refractivity (Wildman–Crippen MR) is 55.5 cm³/mol. The van der Waals surface area contributed by atoms with Crippen molar-refractivity contribution in [3.8, 4) is 0 Å². The molecule has 0 heterocycles. The number of hydrogen-bond acceptors (Lipinski definition) is 5. The fourth-order valence-corrected chi connectivity index (χ4v) is 1.07. The first-order chi connectivity index (χ1) is 7.60. The molecule has 0 aromatic heterocycles. The molecule has 90 valence electrons. The molecule has 0 fully saturated rings. The highest BCUT2D eigenvalue weighted by Gasteiger charge is 2.15. The number of hydrogen-bond donors (Lipinski definition) is 1. The highest BCUT2D eigenvalue weighted by molar-refractivity contribution is 5.80. The molecule has 7 nitrogen and oxygen atoms in total. The average molecular weight is 229 g/mol. The van der Waals surface area contributed by atoms with E-state index in [9.17, 15) is 14.7 Å². The maximum absolute atomic E-state index is 11.2. The van der Waals surface area contributed by atoms with Gasteiger partial charge in [0.15, 0.2) is 0 Å². The van der Waals surface area contributed by atoms with Crippen LogP contribution in [-0.4, -0.2) is 36.1 Å². The van der Waals surface area contributed by atoms with Crippen LogP contribution in [0.15, 0.2) is 5.11 Å². The Labute approximate surface area is 93.0 Å². The summed E-state index contributed by atoms with van der Waals surface area (Å²) in [6.07, 6.45) is -1.28. The third kappa shape index (κ3) is 7.78. The highest BCUT2D eigenvalue weighted by atomic mass is 16.5. The lowest BCUT2D eigenvalue weighted by molar-refractivity contribution is -0.145. The van der Waals surface area contributed by atoms with Crippen molar-refractivity contribution in [1.82, 2.24) is 0 Å². The maximum atomic E-state index is 11.2. The van der Waals surface area contributed by atoms with Gasteiger partial charge in [-0.2, -0.15) is 0 Å². The molecule has 0 aromatic carbocycles. The number of azide groups is 1. The van der Waals surface area contributed by atoms with Crippen LogP contribution in [0.1, 0.15) is 26.2 Å². The van der Waals surface area contributed by atoms with E-state index in [2.05, 4.69) is 14.8 Å². The number of esters is 1. The van der Waals surface area contributed by atoms with Crippen molar-refractivity contribution < 1.29 is 19.4 Å². The summed E-state index contributed by atoms with van der Waals surface area (Å²) in [7, 11) is 0. The molecule has 0 aliphatic carbocycles. The van der Waals surface area contributed by atoms with Gasteiger partial charge < -0.3 is 9.84 Å². The van der Waals surface area contributed by atoms with Crippen molar-refractivity contribution in [3.63, 3.8) is 0 Å².